The molecule has 0 saturated heterocycles. The van der Waals surface area contributed by atoms with Crippen molar-refractivity contribution in [3.63, 3.8) is 0 Å². The minimum absolute atomic E-state index is 0.0414. The second-order valence-corrected chi connectivity index (χ2v) is 2.93. The Labute approximate surface area is 61.2 Å². The Morgan fingerprint density at radius 2 is 1.90 bits per heavy atom. The van der Waals surface area contributed by atoms with Gasteiger partial charge in [-0.2, -0.15) is 0 Å². The van der Waals surface area contributed by atoms with E-state index in [1.54, 1.807) is 0 Å². The summed E-state index contributed by atoms with van der Waals surface area (Å²) < 4.78 is 0. The molecule has 1 atom stereocenters. The zero-order chi connectivity index (χ0) is 7.40. The number of rotatable bonds is 0. The van der Waals surface area contributed by atoms with E-state index in [2.05, 4.69) is 0 Å². The summed E-state index contributed by atoms with van der Waals surface area (Å²) in [4.78, 5) is 10.9. The zero-order valence-electron chi connectivity index (χ0n) is 6.18. The highest BCUT2D eigenvalue weighted by Gasteiger charge is 2.15. The van der Waals surface area contributed by atoms with Gasteiger partial charge in [-0.25, -0.2) is 0 Å². The van der Waals surface area contributed by atoms with Gasteiger partial charge in [0.15, 0.2) is 5.78 Å². The highest BCUT2D eigenvalue weighted by molar-refractivity contribution is 5.82. The fourth-order valence-electron chi connectivity index (χ4n) is 1.32. The first-order valence-electron chi connectivity index (χ1n) is 4.01. The van der Waals surface area contributed by atoms with Crippen LogP contribution in [0.4, 0.5) is 0 Å². The number of carbonyl (C=O) groups is 1. The lowest BCUT2D eigenvalue weighted by Gasteiger charge is -2.12. The molecular weight excluding hydrogens is 128 g/mol. The molecule has 0 bridgehead atoms. The standard InChI is InChI=1S/C8H14O2/c9-7-5-3-1-2-4-6-8(7)10/h7,9H,1-6H2/t7-/m1/s1. The Hall–Kier alpha value is -0.370. The molecule has 0 heterocycles. The van der Waals surface area contributed by atoms with Gasteiger partial charge >= 0.3 is 0 Å². The molecular formula is C8H14O2. The average molecular weight is 142 g/mol. The first kappa shape index (κ1) is 7.73. The summed E-state index contributed by atoms with van der Waals surface area (Å²) in [6, 6.07) is 0. The maximum atomic E-state index is 10.9. The van der Waals surface area contributed by atoms with E-state index in [0.29, 0.717) is 12.8 Å². The molecule has 0 aromatic rings. The number of carbonyl (C=O) groups excluding carboxylic acids is 1. The van der Waals surface area contributed by atoms with E-state index in [-0.39, 0.29) is 5.78 Å². The van der Waals surface area contributed by atoms with E-state index >= 15 is 0 Å². The van der Waals surface area contributed by atoms with Gasteiger partial charge in [0.1, 0.15) is 6.10 Å². The quantitative estimate of drug-likeness (QED) is 0.553. The second kappa shape index (κ2) is 3.71. The lowest BCUT2D eigenvalue weighted by Crippen LogP contribution is -2.21. The Morgan fingerprint density at radius 3 is 2.70 bits per heavy atom. The molecule has 1 saturated carbocycles. The fraction of sp³-hybridized carbons (Fsp3) is 0.875. The third-order valence-electron chi connectivity index (χ3n) is 2.02. The van der Waals surface area contributed by atoms with Gasteiger partial charge < -0.3 is 5.11 Å². The number of Topliss-reactive ketones (excluding diaryl/α,β-unsaturated/α-hetero) is 1. The van der Waals surface area contributed by atoms with Crippen molar-refractivity contribution in [2.75, 3.05) is 0 Å². The van der Waals surface area contributed by atoms with Crippen LogP contribution in [0, 0.1) is 0 Å². The van der Waals surface area contributed by atoms with Crippen LogP contribution in [-0.4, -0.2) is 17.0 Å². The second-order valence-electron chi connectivity index (χ2n) is 2.93. The largest absolute Gasteiger partial charge is 0.385 e. The molecule has 2 heteroatoms. The average Bonchev–Trinajstić information content (AvgIpc) is 1.92. The predicted molar refractivity (Wildman–Crippen MR) is 38.7 cm³/mol. The minimum Gasteiger partial charge on any atom is -0.385 e. The van der Waals surface area contributed by atoms with Crippen molar-refractivity contribution in [1.29, 1.82) is 0 Å². The van der Waals surface area contributed by atoms with E-state index in [9.17, 15) is 4.79 Å². The summed E-state index contributed by atoms with van der Waals surface area (Å²) in [6.45, 7) is 0. The molecule has 0 aromatic heterocycles. The Balaban J connectivity index is 2.35. The molecule has 0 spiro atoms. The van der Waals surface area contributed by atoms with E-state index in [1.807, 2.05) is 0 Å². The highest BCUT2D eigenvalue weighted by atomic mass is 16.3. The van der Waals surface area contributed by atoms with E-state index < -0.39 is 6.10 Å². The van der Waals surface area contributed by atoms with E-state index in [4.69, 9.17) is 5.11 Å². The van der Waals surface area contributed by atoms with Crippen molar-refractivity contribution in [3.8, 4) is 0 Å². The lowest BCUT2D eigenvalue weighted by atomic mass is 9.98. The summed E-state index contributed by atoms with van der Waals surface area (Å²) in [7, 11) is 0. The van der Waals surface area contributed by atoms with Crippen LogP contribution in [0.1, 0.15) is 38.5 Å². The minimum atomic E-state index is -0.653. The summed E-state index contributed by atoms with van der Waals surface area (Å²) >= 11 is 0. The van der Waals surface area contributed by atoms with Crippen LogP contribution >= 0.6 is 0 Å². The molecule has 2 nitrogen and oxygen atoms in total. The first-order valence-corrected chi connectivity index (χ1v) is 4.01. The zero-order valence-corrected chi connectivity index (χ0v) is 6.18. The van der Waals surface area contributed by atoms with Gasteiger partial charge in [-0.1, -0.05) is 19.3 Å². The van der Waals surface area contributed by atoms with Crippen LogP contribution in [0.5, 0.6) is 0 Å². The monoisotopic (exact) mass is 142 g/mol. The summed E-state index contributed by atoms with van der Waals surface area (Å²) in [6.07, 6.45) is 4.91. The number of hydrogen-bond donors (Lipinski definition) is 1. The number of aliphatic hydroxyl groups is 1. The summed E-state index contributed by atoms with van der Waals surface area (Å²) in [5, 5.41) is 9.13. The van der Waals surface area contributed by atoms with Gasteiger partial charge in [-0.05, 0) is 12.8 Å². The van der Waals surface area contributed by atoms with Gasteiger partial charge in [0.2, 0.25) is 0 Å². The molecule has 58 valence electrons. The maximum absolute atomic E-state index is 10.9. The van der Waals surface area contributed by atoms with Crippen LogP contribution in [0.15, 0.2) is 0 Å². The van der Waals surface area contributed by atoms with Crippen LogP contribution in [0.3, 0.4) is 0 Å². The Bertz CT molecular complexity index is 120. The summed E-state index contributed by atoms with van der Waals surface area (Å²) in [5.74, 6) is 0.0414. The number of ketones is 1. The first-order chi connectivity index (χ1) is 4.80. The maximum Gasteiger partial charge on any atom is 0.161 e. The molecule has 1 fully saturated rings. The van der Waals surface area contributed by atoms with Crippen LogP contribution in [0.2, 0.25) is 0 Å². The van der Waals surface area contributed by atoms with Crippen LogP contribution < -0.4 is 0 Å². The number of hydrogen-bond acceptors (Lipinski definition) is 2. The molecule has 0 radical (unpaired) electrons. The summed E-state index contributed by atoms with van der Waals surface area (Å²) in [5.41, 5.74) is 0. The molecule has 0 aromatic carbocycles. The Morgan fingerprint density at radius 1 is 1.20 bits per heavy atom. The molecule has 0 unspecified atom stereocenters. The van der Waals surface area contributed by atoms with Crippen molar-refractivity contribution in [3.05, 3.63) is 0 Å². The van der Waals surface area contributed by atoms with Gasteiger partial charge in [-0.15, -0.1) is 0 Å². The lowest BCUT2D eigenvalue weighted by molar-refractivity contribution is -0.127. The van der Waals surface area contributed by atoms with Gasteiger partial charge in [0.25, 0.3) is 0 Å². The molecule has 1 rings (SSSR count). The third kappa shape index (κ3) is 2.10. The van der Waals surface area contributed by atoms with Crippen molar-refractivity contribution in [2.24, 2.45) is 0 Å². The normalized spacial score (nSPS) is 29.3. The van der Waals surface area contributed by atoms with Gasteiger partial charge in [0.05, 0.1) is 0 Å². The predicted octanol–water partition coefficient (Wildman–Crippen LogP) is 1.27. The van der Waals surface area contributed by atoms with Crippen LogP contribution in [0.25, 0.3) is 0 Å². The van der Waals surface area contributed by atoms with Crippen molar-refractivity contribution < 1.29 is 9.90 Å². The number of aliphatic hydroxyl groups excluding tert-OH is 1. The molecule has 1 aliphatic carbocycles. The third-order valence-corrected chi connectivity index (χ3v) is 2.02. The SMILES string of the molecule is O=C1CCCCCC[C@H]1O. The van der Waals surface area contributed by atoms with E-state index in [1.165, 1.54) is 6.42 Å². The Kier molecular flexibility index (Phi) is 2.87. The van der Waals surface area contributed by atoms with E-state index in [0.717, 1.165) is 19.3 Å². The smallest absolute Gasteiger partial charge is 0.161 e. The topological polar surface area (TPSA) is 37.3 Å². The highest BCUT2D eigenvalue weighted by Crippen LogP contribution is 2.14. The van der Waals surface area contributed by atoms with Crippen molar-refractivity contribution in [2.45, 2.75) is 44.6 Å². The molecule has 1 N–H and O–H groups in total. The molecule has 10 heavy (non-hydrogen) atoms. The van der Waals surface area contributed by atoms with Gasteiger partial charge in [0, 0.05) is 6.42 Å². The molecule has 0 aliphatic heterocycles. The molecule has 1 aliphatic rings. The van der Waals surface area contributed by atoms with Crippen molar-refractivity contribution in [1.82, 2.24) is 0 Å². The van der Waals surface area contributed by atoms with Crippen molar-refractivity contribution >= 4 is 5.78 Å². The fourth-order valence-corrected chi connectivity index (χ4v) is 1.32. The molecule has 0 amide bonds. The van der Waals surface area contributed by atoms with Gasteiger partial charge in [-0.3, -0.25) is 4.79 Å². The van der Waals surface area contributed by atoms with Crippen LogP contribution in [-0.2, 0) is 4.79 Å².